The zero-order chi connectivity index (χ0) is 15.9. The van der Waals surface area contributed by atoms with Crippen molar-refractivity contribution in [3.63, 3.8) is 0 Å². The Morgan fingerprint density at radius 2 is 2.00 bits per heavy atom. The van der Waals surface area contributed by atoms with Crippen LogP contribution in [-0.4, -0.2) is 21.5 Å². The van der Waals surface area contributed by atoms with E-state index in [1.165, 1.54) is 12.1 Å². The third-order valence-corrected chi connectivity index (χ3v) is 4.61. The van der Waals surface area contributed by atoms with Crippen LogP contribution in [0.3, 0.4) is 0 Å². The summed E-state index contributed by atoms with van der Waals surface area (Å²) in [4.78, 5) is -0.285. The van der Waals surface area contributed by atoms with Crippen molar-refractivity contribution < 1.29 is 12.8 Å². The van der Waals surface area contributed by atoms with Gasteiger partial charge in [0.05, 0.1) is 0 Å². The Labute approximate surface area is 127 Å². The Kier molecular flexibility index (Phi) is 7.28. The maximum atomic E-state index is 14.0. The van der Waals surface area contributed by atoms with Gasteiger partial charge in [0.1, 0.15) is 10.7 Å². The van der Waals surface area contributed by atoms with E-state index in [9.17, 15) is 12.8 Å². The summed E-state index contributed by atoms with van der Waals surface area (Å²) in [6.07, 6.45) is 1.68. The topological polar surface area (TPSA) is 58.2 Å². The van der Waals surface area contributed by atoms with E-state index in [4.69, 9.17) is 0 Å². The zero-order valence-electron chi connectivity index (χ0n) is 12.9. The molecule has 0 aliphatic rings. The first-order chi connectivity index (χ1) is 9.86. The van der Waals surface area contributed by atoms with Crippen LogP contribution < -0.4 is 10.0 Å². The van der Waals surface area contributed by atoms with Crippen LogP contribution in [0.2, 0.25) is 0 Å². The van der Waals surface area contributed by atoms with Crippen molar-refractivity contribution in [3.05, 3.63) is 29.6 Å². The average Bonchev–Trinajstić information content (AvgIpc) is 2.41. The molecule has 1 rings (SSSR count). The first-order valence-corrected chi connectivity index (χ1v) is 8.84. The van der Waals surface area contributed by atoms with Gasteiger partial charge in [0.25, 0.3) is 0 Å². The molecule has 0 saturated carbocycles. The summed E-state index contributed by atoms with van der Waals surface area (Å²) in [5.41, 5.74) is 0.730. The van der Waals surface area contributed by atoms with Crippen LogP contribution in [0.5, 0.6) is 0 Å². The predicted molar refractivity (Wildman–Crippen MR) is 83.0 cm³/mol. The van der Waals surface area contributed by atoms with Gasteiger partial charge in [0.2, 0.25) is 10.0 Å². The van der Waals surface area contributed by atoms with Crippen molar-refractivity contribution >= 4 is 10.0 Å². The molecule has 6 heteroatoms. The van der Waals surface area contributed by atoms with Crippen LogP contribution in [0, 0.1) is 11.7 Å². The minimum absolute atomic E-state index is 0.285. The van der Waals surface area contributed by atoms with Crippen LogP contribution in [0.4, 0.5) is 4.39 Å². The standard InChI is InChI=1S/C15H25FN2O2S/c1-4-17-11-13-7-8-15(14(16)10-13)21(19,20)18-9-5-6-12(2)3/h7-8,10,12,17-18H,4-6,9,11H2,1-3H3. The summed E-state index contributed by atoms with van der Waals surface area (Å²) >= 11 is 0. The summed E-state index contributed by atoms with van der Waals surface area (Å²) in [6.45, 7) is 7.75. The number of hydrogen-bond acceptors (Lipinski definition) is 3. The number of halogens is 1. The number of rotatable bonds is 9. The van der Waals surface area contributed by atoms with Crippen LogP contribution in [0.15, 0.2) is 23.1 Å². The van der Waals surface area contributed by atoms with E-state index in [-0.39, 0.29) is 4.90 Å². The molecule has 0 aliphatic carbocycles. The lowest BCUT2D eigenvalue weighted by molar-refractivity contribution is 0.532. The molecule has 0 bridgehead atoms. The smallest absolute Gasteiger partial charge is 0.243 e. The van der Waals surface area contributed by atoms with Crippen molar-refractivity contribution in [2.24, 2.45) is 5.92 Å². The molecule has 4 nitrogen and oxygen atoms in total. The van der Waals surface area contributed by atoms with Gasteiger partial charge in [-0.05, 0) is 43.0 Å². The van der Waals surface area contributed by atoms with Gasteiger partial charge in [0, 0.05) is 13.1 Å². The van der Waals surface area contributed by atoms with Gasteiger partial charge < -0.3 is 5.32 Å². The second kappa shape index (κ2) is 8.46. The summed E-state index contributed by atoms with van der Waals surface area (Å²) in [6, 6.07) is 4.23. The summed E-state index contributed by atoms with van der Waals surface area (Å²) in [7, 11) is -3.77. The maximum Gasteiger partial charge on any atom is 0.243 e. The van der Waals surface area contributed by atoms with Crippen LogP contribution in [-0.2, 0) is 16.6 Å². The minimum atomic E-state index is -3.77. The van der Waals surface area contributed by atoms with Gasteiger partial charge in [-0.2, -0.15) is 0 Å². The van der Waals surface area contributed by atoms with E-state index in [0.717, 1.165) is 24.9 Å². The SMILES string of the molecule is CCNCc1ccc(S(=O)(=O)NCCCC(C)C)c(F)c1. The highest BCUT2D eigenvalue weighted by molar-refractivity contribution is 7.89. The van der Waals surface area contributed by atoms with Gasteiger partial charge >= 0.3 is 0 Å². The minimum Gasteiger partial charge on any atom is -0.313 e. The summed E-state index contributed by atoms with van der Waals surface area (Å²) in [5, 5.41) is 3.07. The molecule has 0 atom stereocenters. The molecule has 0 heterocycles. The third-order valence-electron chi connectivity index (χ3n) is 3.12. The first kappa shape index (κ1) is 18.1. The molecule has 2 N–H and O–H groups in total. The Balaban J connectivity index is 2.70. The molecule has 0 fully saturated rings. The first-order valence-electron chi connectivity index (χ1n) is 7.35. The van der Waals surface area contributed by atoms with Gasteiger partial charge in [0.15, 0.2) is 0 Å². The molecular formula is C15H25FN2O2S. The summed E-state index contributed by atoms with van der Waals surface area (Å²) in [5.74, 6) is -0.182. The Hall–Kier alpha value is -0.980. The van der Waals surface area contributed by atoms with Crippen LogP contribution in [0.25, 0.3) is 0 Å². The second-order valence-electron chi connectivity index (χ2n) is 5.48. The molecular weight excluding hydrogens is 291 g/mol. The number of hydrogen-bond donors (Lipinski definition) is 2. The number of sulfonamides is 1. The highest BCUT2D eigenvalue weighted by Crippen LogP contribution is 2.16. The number of nitrogens with one attached hydrogen (secondary N) is 2. The molecule has 0 aromatic heterocycles. The number of benzene rings is 1. The van der Waals surface area contributed by atoms with Gasteiger partial charge in [-0.1, -0.05) is 26.8 Å². The highest BCUT2D eigenvalue weighted by Gasteiger charge is 2.18. The predicted octanol–water partition coefficient (Wildman–Crippen LogP) is 2.65. The van der Waals surface area contributed by atoms with E-state index >= 15 is 0 Å². The molecule has 120 valence electrons. The summed E-state index contributed by atoms with van der Waals surface area (Å²) < 4.78 is 40.5. The van der Waals surface area contributed by atoms with E-state index in [1.807, 2.05) is 6.92 Å². The quantitative estimate of drug-likeness (QED) is 0.689. The lowest BCUT2D eigenvalue weighted by atomic mass is 10.1. The van der Waals surface area contributed by atoms with Crippen molar-refractivity contribution in [2.45, 2.75) is 45.1 Å². The van der Waals surface area contributed by atoms with E-state index in [1.54, 1.807) is 6.07 Å². The fourth-order valence-corrected chi connectivity index (χ4v) is 3.07. The molecule has 0 amide bonds. The van der Waals surface area contributed by atoms with E-state index < -0.39 is 15.8 Å². The molecule has 0 unspecified atom stereocenters. The normalized spacial score (nSPS) is 12.0. The lowest BCUT2D eigenvalue weighted by Crippen LogP contribution is -2.26. The van der Waals surface area contributed by atoms with Gasteiger partial charge in [-0.15, -0.1) is 0 Å². The van der Waals surface area contributed by atoms with Crippen molar-refractivity contribution in [2.75, 3.05) is 13.1 Å². The van der Waals surface area contributed by atoms with Crippen molar-refractivity contribution in [3.8, 4) is 0 Å². The fourth-order valence-electron chi connectivity index (χ4n) is 1.94. The fraction of sp³-hybridized carbons (Fsp3) is 0.600. The second-order valence-corrected chi connectivity index (χ2v) is 7.21. The molecule has 0 radical (unpaired) electrons. The maximum absolute atomic E-state index is 14.0. The molecule has 1 aromatic carbocycles. The van der Waals surface area contributed by atoms with E-state index in [0.29, 0.717) is 19.0 Å². The monoisotopic (exact) mass is 316 g/mol. The van der Waals surface area contributed by atoms with E-state index in [2.05, 4.69) is 23.9 Å². The molecule has 1 aromatic rings. The lowest BCUT2D eigenvalue weighted by Gasteiger charge is -2.10. The van der Waals surface area contributed by atoms with Crippen LogP contribution >= 0.6 is 0 Å². The van der Waals surface area contributed by atoms with Crippen molar-refractivity contribution in [1.82, 2.24) is 10.0 Å². The Morgan fingerprint density at radius 1 is 1.29 bits per heavy atom. The Bertz CT molecular complexity index is 545. The molecule has 0 aliphatic heterocycles. The highest BCUT2D eigenvalue weighted by atomic mass is 32.2. The molecule has 0 saturated heterocycles. The largest absolute Gasteiger partial charge is 0.313 e. The zero-order valence-corrected chi connectivity index (χ0v) is 13.8. The van der Waals surface area contributed by atoms with Gasteiger partial charge in [-0.25, -0.2) is 17.5 Å². The third kappa shape index (κ3) is 6.11. The van der Waals surface area contributed by atoms with Gasteiger partial charge in [-0.3, -0.25) is 0 Å². The average molecular weight is 316 g/mol. The molecule has 0 spiro atoms. The van der Waals surface area contributed by atoms with Crippen molar-refractivity contribution in [1.29, 1.82) is 0 Å². The van der Waals surface area contributed by atoms with Crippen LogP contribution in [0.1, 0.15) is 39.2 Å². The molecule has 21 heavy (non-hydrogen) atoms. The Morgan fingerprint density at radius 3 is 2.57 bits per heavy atom.